The van der Waals surface area contributed by atoms with Crippen LogP contribution in [0, 0.1) is 11.8 Å². The highest BCUT2D eigenvalue weighted by Gasteiger charge is 2.50. The molecule has 0 aromatic rings. The fraction of sp³-hybridized carbons (Fsp3) is 0.938. The first kappa shape index (κ1) is 15.8. The summed E-state index contributed by atoms with van der Waals surface area (Å²) in [4.78, 5) is 16.6. The van der Waals surface area contributed by atoms with E-state index in [4.69, 9.17) is 4.74 Å². The molecule has 0 saturated carbocycles. The van der Waals surface area contributed by atoms with Gasteiger partial charge in [0, 0.05) is 32.7 Å². The van der Waals surface area contributed by atoms with Gasteiger partial charge >= 0.3 is 0 Å². The number of hydrogen-bond donors (Lipinski definition) is 0. The molecule has 0 aromatic heterocycles. The monoisotopic (exact) mass is 282 g/mol. The Morgan fingerprint density at radius 3 is 2.70 bits per heavy atom. The summed E-state index contributed by atoms with van der Waals surface area (Å²) in [5.74, 6) is 1.44. The van der Waals surface area contributed by atoms with Crippen LogP contribution in [-0.4, -0.2) is 61.1 Å². The van der Waals surface area contributed by atoms with Gasteiger partial charge in [-0.05, 0) is 45.2 Å². The van der Waals surface area contributed by atoms with Crippen LogP contribution in [0.1, 0.15) is 40.0 Å². The van der Waals surface area contributed by atoms with Gasteiger partial charge in [-0.3, -0.25) is 9.69 Å². The SMILES string of the molecule is CCOC[C@@H]1CCN(C)C2(C1)CN(C(=O)CC(C)C)C2. The second kappa shape index (κ2) is 6.44. The molecule has 2 heterocycles. The van der Waals surface area contributed by atoms with Gasteiger partial charge in [0.15, 0.2) is 0 Å². The van der Waals surface area contributed by atoms with E-state index in [0.717, 1.165) is 32.8 Å². The number of piperidine rings is 1. The standard InChI is InChI=1S/C16H30N2O2/c1-5-20-10-14-6-7-17(4)16(9-14)11-18(12-16)15(19)8-13(2)3/h13-14H,5-12H2,1-4H3/t14-/m1/s1. The molecule has 0 aliphatic carbocycles. The number of ether oxygens (including phenoxy) is 1. The van der Waals surface area contributed by atoms with Gasteiger partial charge < -0.3 is 9.64 Å². The van der Waals surface area contributed by atoms with Crippen molar-refractivity contribution < 1.29 is 9.53 Å². The minimum absolute atomic E-state index is 0.229. The Balaban J connectivity index is 1.86. The summed E-state index contributed by atoms with van der Waals surface area (Å²) < 4.78 is 5.60. The van der Waals surface area contributed by atoms with E-state index < -0.39 is 0 Å². The number of likely N-dealkylation sites (N-methyl/N-ethyl adjacent to an activating group) is 1. The van der Waals surface area contributed by atoms with E-state index in [0.29, 0.717) is 24.2 Å². The van der Waals surface area contributed by atoms with Crippen LogP contribution in [0.4, 0.5) is 0 Å². The quantitative estimate of drug-likeness (QED) is 0.773. The molecule has 4 nitrogen and oxygen atoms in total. The summed E-state index contributed by atoms with van der Waals surface area (Å²) >= 11 is 0. The molecule has 1 atom stereocenters. The van der Waals surface area contributed by atoms with Gasteiger partial charge in [-0.1, -0.05) is 13.8 Å². The van der Waals surface area contributed by atoms with Gasteiger partial charge in [0.2, 0.25) is 5.91 Å². The second-order valence-corrected chi connectivity index (χ2v) is 7.01. The summed E-state index contributed by atoms with van der Waals surface area (Å²) in [7, 11) is 2.21. The van der Waals surface area contributed by atoms with E-state index in [1.54, 1.807) is 0 Å². The number of carbonyl (C=O) groups is 1. The number of rotatable bonds is 5. The number of carbonyl (C=O) groups excluding carboxylic acids is 1. The summed E-state index contributed by atoms with van der Waals surface area (Å²) in [5, 5.41) is 0. The Labute approximate surface area is 123 Å². The van der Waals surface area contributed by atoms with Crippen molar-refractivity contribution in [3.63, 3.8) is 0 Å². The topological polar surface area (TPSA) is 32.8 Å². The lowest BCUT2D eigenvalue weighted by Crippen LogP contribution is -2.72. The van der Waals surface area contributed by atoms with Crippen LogP contribution >= 0.6 is 0 Å². The lowest BCUT2D eigenvalue weighted by atomic mass is 9.75. The van der Waals surface area contributed by atoms with E-state index in [-0.39, 0.29) is 5.54 Å². The van der Waals surface area contributed by atoms with Crippen LogP contribution < -0.4 is 0 Å². The minimum Gasteiger partial charge on any atom is -0.381 e. The second-order valence-electron chi connectivity index (χ2n) is 7.01. The number of hydrogen-bond acceptors (Lipinski definition) is 3. The zero-order valence-electron chi connectivity index (χ0n) is 13.5. The van der Waals surface area contributed by atoms with Crippen LogP contribution in [0.3, 0.4) is 0 Å². The van der Waals surface area contributed by atoms with Crippen molar-refractivity contribution in [3.8, 4) is 0 Å². The summed E-state index contributed by atoms with van der Waals surface area (Å²) in [6.45, 7) is 10.9. The maximum Gasteiger partial charge on any atom is 0.222 e. The summed E-state index contributed by atoms with van der Waals surface area (Å²) in [6, 6.07) is 0. The summed E-state index contributed by atoms with van der Waals surface area (Å²) in [6.07, 6.45) is 3.08. The van der Waals surface area contributed by atoms with Crippen molar-refractivity contribution in [2.45, 2.75) is 45.6 Å². The average Bonchev–Trinajstić information content (AvgIpc) is 2.34. The third kappa shape index (κ3) is 3.34. The van der Waals surface area contributed by atoms with Crippen LogP contribution in [-0.2, 0) is 9.53 Å². The van der Waals surface area contributed by atoms with E-state index in [1.807, 2.05) is 4.90 Å². The largest absolute Gasteiger partial charge is 0.381 e. The zero-order valence-corrected chi connectivity index (χ0v) is 13.5. The predicted octanol–water partition coefficient (Wildman–Crippen LogP) is 1.99. The molecule has 20 heavy (non-hydrogen) atoms. The molecule has 4 heteroatoms. The highest BCUT2D eigenvalue weighted by atomic mass is 16.5. The lowest BCUT2D eigenvalue weighted by Gasteiger charge is -2.58. The van der Waals surface area contributed by atoms with E-state index in [2.05, 4.69) is 32.7 Å². The van der Waals surface area contributed by atoms with Gasteiger partial charge in [0.1, 0.15) is 0 Å². The fourth-order valence-corrected chi connectivity index (χ4v) is 3.52. The van der Waals surface area contributed by atoms with Crippen molar-refractivity contribution in [1.29, 1.82) is 0 Å². The van der Waals surface area contributed by atoms with Crippen molar-refractivity contribution in [2.75, 3.05) is 39.9 Å². The highest BCUT2D eigenvalue weighted by molar-refractivity contribution is 5.77. The van der Waals surface area contributed by atoms with E-state index in [9.17, 15) is 4.79 Å². The van der Waals surface area contributed by atoms with E-state index >= 15 is 0 Å². The molecule has 0 N–H and O–H groups in total. The first-order chi connectivity index (χ1) is 9.47. The predicted molar refractivity (Wildman–Crippen MR) is 80.6 cm³/mol. The molecule has 0 unspecified atom stereocenters. The van der Waals surface area contributed by atoms with Crippen molar-refractivity contribution in [1.82, 2.24) is 9.80 Å². The first-order valence-corrected chi connectivity index (χ1v) is 8.03. The average molecular weight is 282 g/mol. The number of likely N-dealkylation sites (tertiary alicyclic amines) is 2. The van der Waals surface area contributed by atoms with Gasteiger partial charge in [0.05, 0.1) is 5.54 Å². The maximum absolute atomic E-state index is 12.1. The lowest BCUT2D eigenvalue weighted by molar-refractivity contribution is -0.151. The van der Waals surface area contributed by atoms with Gasteiger partial charge in [-0.25, -0.2) is 0 Å². The van der Waals surface area contributed by atoms with Crippen molar-refractivity contribution in [2.24, 2.45) is 11.8 Å². The highest BCUT2D eigenvalue weighted by Crippen LogP contribution is 2.38. The molecule has 0 radical (unpaired) electrons. The van der Waals surface area contributed by atoms with E-state index in [1.165, 1.54) is 12.8 Å². The molecule has 1 spiro atoms. The molecule has 0 bridgehead atoms. The Morgan fingerprint density at radius 1 is 1.40 bits per heavy atom. The number of nitrogens with zero attached hydrogens (tertiary/aromatic N) is 2. The molecular formula is C16H30N2O2. The van der Waals surface area contributed by atoms with Crippen molar-refractivity contribution in [3.05, 3.63) is 0 Å². The Bertz CT molecular complexity index is 335. The first-order valence-electron chi connectivity index (χ1n) is 8.03. The van der Waals surface area contributed by atoms with Crippen LogP contribution in [0.25, 0.3) is 0 Å². The smallest absolute Gasteiger partial charge is 0.222 e. The molecule has 2 aliphatic rings. The van der Waals surface area contributed by atoms with Gasteiger partial charge in [0.25, 0.3) is 0 Å². The van der Waals surface area contributed by atoms with Gasteiger partial charge in [-0.2, -0.15) is 0 Å². The van der Waals surface area contributed by atoms with Gasteiger partial charge in [-0.15, -0.1) is 0 Å². The molecule has 2 fully saturated rings. The Morgan fingerprint density at radius 2 is 2.10 bits per heavy atom. The van der Waals surface area contributed by atoms with Crippen LogP contribution in [0.15, 0.2) is 0 Å². The van der Waals surface area contributed by atoms with Crippen LogP contribution in [0.2, 0.25) is 0 Å². The fourth-order valence-electron chi connectivity index (χ4n) is 3.52. The maximum atomic E-state index is 12.1. The minimum atomic E-state index is 0.229. The Kier molecular flexibility index (Phi) is 5.08. The van der Waals surface area contributed by atoms with Crippen molar-refractivity contribution >= 4 is 5.91 Å². The van der Waals surface area contributed by atoms with Crippen LogP contribution in [0.5, 0.6) is 0 Å². The molecule has 2 rings (SSSR count). The molecule has 2 saturated heterocycles. The molecule has 116 valence electrons. The summed E-state index contributed by atoms with van der Waals surface area (Å²) in [5.41, 5.74) is 0.229. The third-order valence-corrected chi connectivity index (χ3v) is 4.81. The normalized spacial score (nSPS) is 26.1. The Hall–Kier alpha value is -0.610. The third-order valence-electron chi connectivity index (χ3n) is 4.81. The molecular weight excluding hydrogens is 252 g/mol. The molecule has 2 aliphatic heterocycles. The molecule has 1 amide bonds. The zero-order chi connectivity index (χ0) is 14.8. The molecule has 0 aromatic carbocycles. The number of amides is 1.